The largest absolute Gasteiger partial charge is 0.481 e. The van der Waals surface area contributed by atoms with Gasteiger partial charge in [-0.3, -0.25) is 28.8 Å². The maximum absolute atomic E-state index is 14.2. The number of alkyl halides is 1. The summed E-state index contributed by atoms with van der Waals surface area (Å²) in [6.45, 7) is 0.178. The molecule has 4 atom stereocenters. The lowest BCUT2D eigenvalue weighted by Gasteiger charge is -2.37. The smallest absolute Gasteiger partial charge is 0.303 e. The van der Waals surface area contributed by atoms with Crippen molar-refractivity contribution in [3.8, 4) is 0 Å². The number of hydrogen-bond donors (Lipinski definition) is 6. The van der Waals surface area contributed by atoms with Crippen LogP contribution in [0.25, 0.3) is 10.9 Å². The summed E-state index contributed by atoms with van der Waals surface area (Å²) in [7, 11) is 0. The van der Waals surface area contributed by atoms with Gasteiger partial charge in [0.25, 0.3) is 0 Å². The van der Waals surface area contributed by atoms with Crippen LogP contribution in [0.3, 0.4) is 0 Å². The molecule has 278 valence electrons. The second kappa shape index (κ2) is 18.0. The molecule has 0 radical (unpaired) electrons. The van der Waals surface area contributed by atoms with Gasteiger partial charge >= 0.3 is 5.97 Å². The number of nitrogens with zero attached hydrogens (tertiary/aromatic N) is 1. The first kappa shape index (κ1) is 38.3. The van der Waals surface area contributed by atoms with Crippen LogP contribution in [0.1, 0.15) is 62.5 Å². The Bertz CT molecular complexity index is 1760. The number of aromatic amines is 1. The first-order chi connectivity index (χ1) is 25.0. The van der Waals surface area contributed by atoms with Crippen molar-refractivity contribution in [1.29, 1.82) is 0 Å². The number of halogens is 2. The fraction of sp³-hybridized carbons (Fsp3) is 0.459. The Balaban J connectivity index is 1.40. The zero-order chi connectivity index (χ0) is 37.2. The van der Waals surface area contributed by atoms with Crippen molar-refractivity contribution in [2.24, 2.45) is 0 Å². The number of H-pyrrole nitrogens is 1. The molecule has 2 aromatic carbocycles. The molecule has 2 heterocycles. The number of aromatic nitrogens is 1. The van der Waals surface area contributed by atoms with Crippen LogP contribution in [0.5, 0.6) is 0 Å². The van der Waals surface area contributed by atoms with Crippen LogP contribution in [0.15, 0.2) is 54.7 Å². The predicted octanol–water partition coefficient (Wildman–Crippen LogP) is 2.70. The third kappa shape index (κ3) is 10.1. The number of nitrogens with one attached hydrogen (secondary N) is 5. The van der Waals surface area contributed by atoms with Crippen molar-refractivity contribution < 1.29 is 38.3 Å². The van der Waals surface area contributed by atoms with Gasteiger partial charge in [-0.05, 0) is 74.3 Å². The van der Waals surface area contributed by atoms with E-state index >= 15 is 0 Å². The third-order valence-electron chi connectivity index (χ3n) is 9.66. The van der Waals surface area contributed by atoms with Crippen LogP contribution in [0.4, 0.5) is 4.39 Å². The number of carbonyl (C=O) groups is 6. The van der Waals surface area contributed by atoms with Crippen molar-refractivity contribution >= 4 is 58.0 Å². The van der Waals surface area contributed by atoms with Gasteiger partial charge in [0.05, 0.1) is 0 Å². The molecule has 0 spiro atoms. The molecule has 3 aromatic rings. The number of hydrogen-bond acceptors (Lipinski definition) is 6. The minimum atomic E-state index is -1.22. The standard InChI is InChI=1S/C37H44ClFN6O7/c38-20-32(46)42-28(15-16-33(47)48)37(52)45-17-4-3-10-31(45)36(51)44-30(19-23-21-40-27-9-2-1-8-26(23)27)35(50)43-29(34(49)41-25-6-5-7-25)18-22-11-13-24(39)14-12-22/h1-2,8-9,11-14,21,25,28-31,40H,3-7,10,15-20H2,(H,41,49)(H,42,46)(H,43,50)(H,44,51)(H,47,48)/t28?,29?,30?,31-/m0/s1. The monoisotopic (exact) mass is 738 g/mol. The minimum absolute atomic E-state index is 0.00907. The molecule has 52 heavy (non-hydrogen) atoms. The highest BCUT2D eigenvalue weighted by Gasteiger charge is 2.38. The van der Waals surface area contributed by atoms with Crippen LogP contribution >= 0.6 is 11.6 Å². The molecule has 1 saturated heterocycles. The van der Waals surface area contributed by atoms with Crippen LogP contribution in [0.2, 0.25) is 0 Å². The van der Waals surface area contributed by atoms with Crippen molar-refractivity contribution in [1.82, 2.24) is 31.2 Å². The van der Waals surface area contributed by atoms with E-state index in [2.05, 4.69) is 26.3 Å². The van der Waals surface area contributed by atoms with Gasteiger partial charge in [-0.25, -0.2) is 4.39 Å². The number of rotatable bonds is 16. The van der Waals surface area contributed by atoms with Crippen molar-refractivity contribution in [3.05, 3.63) is 71.7 Å². The summed E-state index contributed by atoms with van der Waals surface area (Å²) in [6.07, 6.45) is 5.36. The number of carboxylic acid groups (broad SMARTS) is 1. The van der Waals surface area contributed by atoms with Crippen LogP contribution in [-0.2, 0) is 41.6 Å². The quantitative estimate of drug-likeness (QED) is 0.122. The molecule has 5 rings (SSSR count). The molecule has 2 aliphatic rings. The van der Waals surface area contributed by atoms with E-state index < -0.39 is 77.8 Å². The number of benzene rings is 2. The Labute approximate surface area is 305 Å². The maximum atomic E-state index is 14.2. The number of para-hydroxylation sites is 1. The molecular weight excluding hydrogens is 695 g/mol. The van der Waals surface area contributed by atoms with Crippen LogP contribution in [-0.4, -0.2) is 93.1 Å². The molecule has 2 fully saturated rings. The van der Waals surface area contributed by atoms with E-state index in [1.165, 1.54) is 17.0 Å². The summed E-state index contributed by atoms with van der Waals surface area (Å²) in [5, 5.41) is 21.2. The average Bonchev–Trinajstić information content (AvgIpc) is 3.53. The molecule has 5 amide bonds. The molecular formula is C37H44ClFN6O7. The lowest BCUT2D eigenvalue weighted by molar-refractivity contribution is -0.146. The Morgan fingerprint density at radius 3 is 2.29 bits per heavy atom. The van der Waals surface area contributed by atoms with Gasteiger partial charge in [-0.15, -0.1) is 11.6 Å². The van der Waals surface area contributed by atoms with E-state index in [0.29, 0.717) is 18.4 Å². The van der Waals surface area contributed by atoms with Gasteiger partial charge < -0.3 is 36.3 Å². The predicted molar refractivity (Wildman–Crippen MR) is 191 cm³/mol. The van der Waals surface area contributed by atoms with Gasteiger partial charge in [0.1, 0.15) is 35.9 Å². The first-order valence-corrected chi connectivity index (χ1v) is 18.1. The normalized spacial score (nSPS) is 17.7. The summed E-state index contributed by atoms with van der Waals surface area (Å²) in [4.78, 5) is 83.6. The lowest BCUT2D eigenvalue weighted by Crippen LogP contribution is -2.61. The zero-order valence-corrected chi connectivity index (χ0v) is 29.4. The number of carbonyl (C=O) groups excluding carboxylic acids is 5. The lowest BCUT2D eigenvalue weighted by atomic mass is 9.92. The van der Waals surface area contributed by atoms with Gasteiger partial charge in [-0.1, -0.05) is 30.3 Å². The zero-order valence-electron chi connectivity index (χ0n) is 28.7. The van der Waals surface area contributed by atoms with Crippen molar-refractivity contribution in [2.45, 2.75) is 94.4 Å². The van der Waals surface area contributed by atoms with E-state index in [0.717, 1.165) is 35.7 Å². The summed E-state index contributed by atoms with van der Waals surface area (Å²) in [5.41, 5.74) is 2.19. The van der Waals surface area contributed by atoms with Gasteiger partial charge in [0, 0.05) is 48.9 Å². The Kier molecular flexibility index (Phi) is 13.2. The van der Waals surface area contributed by atoms with E-state index in [-0.39, 0.29) is 38.3 Å². The number of amides is 5. The third-order valence-corrected chi connectivity index (χ3v) is 9.90. The molecule has 1 aliphatic heterocycles. The van der Waals surface area contributed by atoms with E-state index in [1.54, 1.807) is 18.3 Å². The summed E-state index contributed by atoms with van der Waals surface area (Å²) in [6, 6.07) is 8.67. The van der Waals surface area contributed by atoms with Crippen molar-refractivity contribution in [2.75, 3.05) is 12.4 Å². The maximum Gasteiger partial charge on any atom is 0.303 e. The highest BCUT2D eigenvalue weighted by Crippen LogP contribution is 2.23. The molecule has 13 nitrogen and oxygen atoms in total. The van der Waals surface area contributed by atoms with E-state index in [9.17, 15) is 38.3 Å². The minimum Gasteiger partial charge on any atom is -0.481 e. The number of fused-ring (bicyclic) bond motifs is 1. The first-order valence-electron chi connectivity index (χ1n) is 17.6. The van der Waals surface area contributed by atoms with Gasteiger partial charge in [0.15, 0.2) is 0 Å². The summed E-state index contributed by atoms with van der Waals surface area (Å²) in [5.74, 6) is -4.94. The highest BCUT2D eigenvalue weighted by molar-refractivity contribution is 6.27. The fourth-order valence-corrected chi connectivity index (χ4v) is 6.69. The SMILES string of the molecule is O=C(O)CCC(NC(=O)CCl)C(=O)N1CCCC[C@H]1C(=O)NC(Cc1c[nH]c2ccccc12)C(=O)NC(Cc1ccc(F)cc1)C(=O)NC1CCC1. The van der Waals surface area contributed by atoms with Crippen molar-refractivity contribution in [3.63, 3.8) is 0 Å². The molecule has 1 aliphatic carbocycles. The number of piperidine rings is 1. The topological polar surface area (TPSA) is 190 Å². The molecule has 6 N–H and O–H groups in total. The number of aliphatic carboxylic acids is 1. The Morgan fingerprint density at radius 1 is 0.865 bits per heavy atom. The average molecular weight is 739 g/mol. The van der Waals surface area contributed by atoms with Gasteiger partial charge in [0.2, 0.25) is 29.5 Å². The van der Waals surface area contributed by atoms with E-state index in [1.807, 2.05) is 24.3 Å². The fourth-order valence-electron chi connectivity index (χ4n) is 6.62. The second-order valence-electron chi connectivity index (χ2n) is 13.4. The molecule has 15 heteroatoms. The van der Waals surface area contributed by atoms with Crippen LogP contribution < -0.4 is 21.3 Å². The molecule has 3 unspecified atom stereocenters. The highest BCUT2D eigenvalue weighted by atomic mass is 35.5. The summed E-state index contributed by atoms with van der Waals surface area (Å²) >= 11 is 5.65. The number of carboxylic acids is 1. The molecule has 1 aromatic heterocycles. The van der Waals surface area contributed by atoms with E-state index in [4.69, 9.17) is 11.6 Å². The summed E-state index contributed by atoms with van der Waals surface area (Å²) < 4.78 is 13.7. The molecule has 1 saturated carbocycles. The number of likely N-dealkylation sites (tertiary alicyclic amines) is 1. The Morgan fingerprint density at radius 2 is 1.60 bits per heavy atom. The molecule has 0 bridgehead atoms. The van der Waals surface area contributed by atoms with Gasteiger partial charge in [-0.2, -0.15) is 0 Å². The Hall–Kier alpha value is -4.98. The van der Waals surface area contributed by atoms with Crippen LogP contribution in [0, 0.1) is 5.82 Å². The second-order valence-corrected chi connectivity index (χ2v) is 13.6.